The summed E-state index contributed by atoms with van der Waals surface area (Å²) >= 11 is 0. The molecule has 1 unspecified atom stereocenters. The fourth-order valence-electron chi connectivity index (χ4n) is 2.69. The minimum atomic E-state index is 0.0132. The summed E-state index contributed by atoms with van der Waals surface area (Å²) in [6.45, 7) is 6.68. The number of para-hydroxylation sites is 1. The van der Waals surface area contributed by atoms with Crippen LogP contribution >= 0.6 is 0 Å². The van der Waals surface area contributed by atoms with E-state index >= 15 is 0 Å². The molecule has 1 atom stereocenters. The molecule has 0 aliphatic carbocycles. The van der Waals surface area contributed by atoms with Crippen molar-refractivity contribution < 1.29 is 4.79 Å². The molecule has 0 aliphatic heterocycles. The van der Waals surface area contributed by atoms with Gasteiger partial charge in [-0.25, -0.2) is 0 Å². The Morgan fingerprint density at radius 2 is 1.65 bits per heavy atom. The summed E-state index contributed by atoms with van der Waals surface area (Å²) in [6, 6.07) is 18.3. The average molecular weight is 310 g/mol. The van der Waals surface area contributed by atoms with Gasteiger partial charge in [-0.1, -0.05) is 69.3 Å². The van der Waals surface area contributed by atoms with E-state index in [2.05, 4.69) is 49.6 Å². The third kappa shape index (κ3) is 4.85. The van der Waals surface area contributed by atoms with E-state index < -0.39 is 0 Å². The van der Waals surface area contributed by atoms with Gasteiger partial charge in [0.05, 0.1) is 12.6 Å². The van der Waals surface area contributed by atoms with Crippen LogP contribution in [0, 0.1) is 0 Å². The molecule has 0 bridgehead atoms. The first kappa shape index (κ1) is 17.1. The molecule has 0 saturated heterocycles. The Balaban J connectivity index is 1.95. The van der Waals surface area contributed by atoms with Crippen molar-refractivity contribution in [2.75, 3.05) is 11.9 Å². The monoisotopic (exact) mass is 310 g/mol. The minimum absolute atomic E-state index is 0.0132. The van der Waals surface area contributed by atoms with Crippen LogP contribution < -0.4 is 10.6 Å². The van der Waals surface area contributed by atoms with Gasteiger partial charge >= 0.3 is 0 Å². The van der Waals surface area contributed by atoms with Crippen LogP contribution in [0.25, 0.3) is 0 Å². The van der Waals surface area contributed by atoms with Crippen molar-refractivity contribution in [1.29, 1.82) is 0 Å². The Hall–Kier alpha value is -2.29. The smallest absolute Gasteiger partial charge is 0.239 e. The van der Waals surface area contributed by atoms with Crippen LogP contribution in [-0.2, 0) is 4.79 Å². The number of carbonyl (C=O) groups is 1. The quantitative estimate of drug-likeness (QED) is 0.791. The number of hydrogen-bond donors (Lipinski definition) is 2. The first-order chi connectivity index (χ1) is 11.1. The molecule has 2 aromatic carbocycles. The Morgan fingerprint density at radius 3 is 2.30 bits per heavy atom. The molecule has 3 heteroatoms. The zero-order valence-electron chi connectivity index (χ0n) is 14.2. The van der Waals surface area contributed by atoms with Gasteiger partial charge in [-0.15, -0.1) is 0 Å². The molecule has 3 nitrogen and oxygen atoms in total. The highest BCUT2D eigenvalue weighted by molar-refractivity contribution is 5.81. The van der Waals surface area contributed by atoms with Gasteiger partial charge in [-0.05, 0) is 29.5 Å². The molecule has 0 radical (unpaired) electrons. The topological polar surface area (TPSA) is 41.1 Å². The lowest BCUT2D eigenvalue weighted by Crippen LogP contribution is -2.33. The van der Waals surface area contributed by atoms with Gasteiger partial charge in [0.1, 0.15) is 0 Å². The summed E-state index contributed by atoms with van der Waals surface area (Å²) < 4.78 is 0. The third-order valence-corrected chi connectivity index (χ3v) is 3.97. The van der Waals surface area contributed by atoms with Gasteiger partial charge in [-0.2, -0.15) is 0 Å². The number of anilines is 1. The predicted octanol–water partition coefficient (Wildman–Crippen LogP) is 4.49. The summed E-state index contributed by atoms with van der Waals surface area (Å²) in [5, 5.41) is 6.36. The van der Waals surface area contributed by atoms with E-state index in [0.29, 0.717) is 5.92 Å². The standard InChI is InChI=1S/C20H26N2O/c1-4-18(16-10-6-5-7-11-16)22-20(23)14-21-19-13-9-8-12-17(19)15(2)3/h5-13,15,18,21H,4,14H2,1-3H3,(H,22,23). The van der Waals surface area contributed by atoms with E-state index in [4.69, 9.17) is 0 Å². The van der Waals surface area contributed by atoms with Crippen molar-refractivity contribution in [2.24, 2.45) is 0 Å². The second-order valence-electron chi connectivity index (χ2n) is 6.03. The van der Waals surface area contributed by atoms with E-state index in [1.54, 1.807) is 0 Å². The normalized spacial score (nSPS) is 12.0. The van der Waals surface area contributed by atoms with E-state index in [0.717, 1.165) is 17.7 Å². The number of nitrogens with one attached hydrogen (secondary N) is 2. The van der Waals surface area contributed by atoms with Crippen LogP contribution in [0.15, 0.2) is 54.6 Å². The molecule has 0 aliphatic rings. The lowest BCUT2D eigenvalue weighted by Gasteiger charge is -2.19. The highest BCUT2D eigenvalue weighted by atomic mass is 16.1. The van der Waals surface area contributed by atoms with Crippen molar-refractivity contribution in [3.63, 3.8) is 0 Å². The molecule has 1 amide bonds. The van der Waals surface area contributed by atoms with Crippen LogP contribution in [-0.4, -0.2) is 12.5 Å². The Morgan fingerprint density at radius 1 is 1.00 bits per heavy atom. The summed E-state index contributed by atoms with van der Waals surface area (Å²) in [5.74, 6) is 0.439. The number of benzene rings is 2. The van der Waals surface area contributed by atoms with Gasteiger partial charge in [0.25, 0.3) is 0 Å². The predicted molar refractivity (Wildman–Crippen MR) is 96.6 cm³/mol. The van der Waals surface area contributed by atoms with Gasteiger partial charge in [-0.3, -0.25) is 4.79 Å². The molecule has 2 aromatic rings. The minimum Gasteiger partial charge on any atom is -0.376 e. The Labute approximate surface area is 139 Å². The molecular weight excluding hydrogens is 284 g/mol. The van der Waals surface area contributed by atoms with Crippen LogP contribution in [0.2, 0.25) is 0 Å². The van der Waals surface area contributed by atoms with Crippen LogP contribution in [0.1, 0.15) is 50.3 Å². The van der Waals surface area contributed by atoms with Crippen molar-refractivity contribution in [3.8, 4) is 0 Å². The maximum absolute atomic E-state index is 12.3. The van der Waals surface area contributed by atoms with Crippen molar-refractivity contribution in [2.45, 2.75) is 39.2 Å². The zero-order valence-corrected chi connectivity index (χ0v) is 14.2. The second-order valence-corrected chi connectivity index (χ2v) is 6.03. The Kier molecular flexibility index (Phi) is 6.21. The lowest BCUT2D eigenvalue weighted by molar-refractivity contribution is -0.120. The van der Waals surface area contributed by atoms with Crippen molar-refractivity contribution in [3.05, 3.63) is 65.7 Å². The summed E-state index contributed by atoms with van der Waals surface area (Å²) in [5.41, 5.74) is 3.41. The second kappa shape index (κ2) is 8.37. The van der Waals surface area contributed by atoms with E-state index in [-0.39, 0.29) is 18.5 Å². The van der Waals surface area contributed by atoms with Gasteiger partial charge in [0, 0.05) is 5.69 Å². The first-order valence-corrected chi connectivity index (χ1v) is 8.29. The maximum atomic E-state index is 12.3. The average Bonchev–Trinajstić information content (AvgIpc) is 2.58. The van der Waals surface area contributed by atoms with Crippen LogP contribution in [0.4, 0.5) is 5.69 Å². The van der Waals surface area contributed by atoms with Crippen molar-refractivity contribution >= 4 is 11.6 Å². The number of amides is 1. The van der Waals surface area contributed by atoms with Gasteiger partial charge in [0.15, 0.2) is 0 Å². The number of rotatable bonds is 7. The molecule has 2 rings (SSSR count). The molecule has 0 saturated carbocycles. The zero-order chi connectivity index (χ0) is 16.7. The maximum Gasteiger partial charge on any atom is 0.239 e. The van der Waals surface area contributed by atoms with Crippen LogP contribution in [0.5, 0.6) is 0 Å². The molecule has 122 valence electrons. The molecule has 0 spiro atoms. The molecule has 23 heavy (non-hydrogen) atoms. The number of carbonyl (C=O) groups excluding carboxylic acids is 1. The van der Waals surface area contributed by atoms with Crippen molar-refractivity contribution in [1.82, 2.24) is 5.32 Å². The third-order valence-electron chi connectivity index (χ3n) is 3.97. The largest absolute Gasteiger partial charge is 0.376 e. The molecule has 0 heterocycles. The Bertz CT molecular complexity index is 623. The van der Waals surface area contributed by atoms with Crippen LogP contribution in [0.3, 0.4) is 0 Å². The molecule has 0 aromatic heterocycles. The molecule has 0 fully saturated rings. The summed E-state index contributed by atoms with van der Waals surface area (Å²) in [6.07, 6.45) is 0.873. The SMILES string of the molecule is CCC(NC(=O)CNc1ccccc1C(C)C)c1ccccc1. The fraction of sp³-hybridized carbons (Fsp3) is 0.350. The number of hydrogen-bond acceptors (Lipinski definition) is 2. The van der Waals surface area contributed by atoms with E-state index in [1.165, 1.54) is 5.56 Å². The van der Waals surface area contributed by atoms with Gasteiger partial charge in [0.2, 0.25) is 5.91 Å². The molecular formula is C20H26N2O. The first-order valence-electron chi connectivity index (χ1n) is 8.29. The molecule has 2 N–H and O–H groups in total. The highest BCUT2D eigenvalue weighted by Crippen LogP contribution is 2.23. The van der Waals surface area contributed by atoms with E-state index in [1.807, 2.05) is 36.4 Å². The lowest BCUT2D eigenvalue weighted by atomic mass is 10.0. The van der Waals surface area contributed by atoms with Gasteiger partial charge < -0.3 is 10.6 Å². The van der Waals surface area contributed by atoms with E-state index in [9.17, 15) is 4.79 Å². The summed E-state index contributed by atoms with van der Waals surface area (Å²) in [7, 11) is 0. The summed E-state index contributed by atoms with van der Waals surface area (Å²) in [4.78, 5) is 12.3. The highest BCUT2D eigenvalue weighted by Gasteiger charge is 2.13. The fourth-order valence-corrected chi connectivity index (χ4v) is 2.69.